The van der Waals surface area contributed by atoms with Crippen LogP contribution in [0.5, 0.6) is 5.75 Å². The lowest BCUT2D eigenvalue weighted by Crippen LogP contribution is -2.16. The molecule has 2 aromatic rings. The molecule has 112 valence electrons. The number of rotatable bonds is 5. The zero-order valence-electron chi connectivity index (χ0n) is 11.6. The van der Waals surface area contributed by atoms with Gasteiger partial charge in [0.2, 0.25) is 0 Å². The third-order valence-electron chi connectivity index (χ3n) is 3.39. The summed E-state index contributed by atoms with van der Waals surface area (Å²) in [6.45, 7) is 0.451. The van der Waals surface area contributed by atoms with Gasteiger partial charge in [0.05, 0.1) is 12.1 Å². The fourth-order valence-electron chi connectivity index (χ4n) is 2.33. The zero-order valence-corrected chi connectivity index (χ0v) is 13.8. The Kier molecular flexibility index (Phi) is 5.77. The first-order valence-corrected chi connectivity index (χ1v) is 7.66. The Bertz CT molecular complexity index is 611. The highest BCUT2D eigenvalue weighted by Crippen LogP contribution is 2.34. The van der Waals surface area contributed by atoms with Gasteiger partial charge in [-0.05, 0) is 48.4 Å². The van der Waals surface area contributed by atoms with E-state index in [-0.39, 0.29) is 5.92 Å². The molecule has 2 rings (SSSR count). The van der Waals surface area contributed by atoms with Gasteiger partial charge in [-0.1, -0.05) is 46.9 Å². The minimum Gasteiger partial charge on any atom is -0.495 e. The number of ether oxygens (including phenoxy) is 1. The van der Waals surface area contributed by atoms with E-state index < -0.39 is 0 Å². The number of halogens is 3. The van der Waals surface area contributed by atoms with E-state index in [4.69, 9.17) is 45.3 Å². The monoisotopic (exact) mass is 343 g/mol. The van der Waals surface area contributed by atoms with E-state index in [9.17, 15) is 0 Å². The van der Waals surface area contributed by atoms with Crippen molar-refractivity contribution >= 4 is 34.8 Å². The molecule has 1 atom stereocenters. The Morgan fingerprint density at radius 3 is 2.24 bits per heavy atom. The summed E-state index contributed by atoms with van der Waals surface area (Å²) in [7, 11) is 1.59. The summed E-state index contributed by atoms with van der Waals surface area (Å²) in [6, 6.07) is 11.2. The lowest BCUT2D eigenvalue weighted by molar-refractivity contribution is 0.415. The molecular formula is C16H16Cl3NO. The highest BCUT2D eigenvalue weighted by atomic mass is 35.5. The Labute approximate surface area is 139 Å². The van der Waals surface area contributed by atoms with E-state index in [2.05, 4.69) is 0 Å². The molecule has 1 unspecified atom stereocenters. The number of nitrogens with two attached hydrogens (primary N) is 1. The van der Waals surface area contributed by atoms with Crippen molar-refractivity contribution < 1.29 is 4.74 Å². The standard InChI is InChI=1S/C16H16Cl3NO/c1-21-15-6-5-10(8-14(15)19)7-11(9-20)16-12(17)3-2-4-13(16)18/h2-6,8,11H,7,9,20H2,1H3. The number of benzene rings is 2. The molecule has 5 heteroatoms. The largest absolute Gasteiger partial charge is 0.495 e. The Hall–Kier alpha value is -0.930. The summed E-state index contributed by atoms with van der Waals surface area (Å²) < 4.78 is 5.16. The molecule has 0 radical (unpaired) electrons. The third-order valence-corrected chi connectivity index (χ3v) is 4.35. The number of methoxy groups -OCH3 is 1. The van der Waals surface area contributed by atoms with Crippen molar-refractivity contribution in [1.82, 2.24) is 0 Å². The molecule has 0 spiro atoms. The van der Waals surface area contributed by atoms with Crippen LogP contribution in [-0.2, 0) is 6.42 Å². The maximum Gasteiger partial charge on any atom is 0.137 e. The van der Waals surface area contributed by atoms with E-state index in [0.29, 0.717) is 33.8 Å². The average Bonchev–Trinajstić information content (AvgIpc) is 2.46. The van der Waals surface area contributed by atoms with Crippen molar-refractivity contribution in [3.05, 3.63) is 62.6 Å². The molecule has 21 heavy (non-hydrogen) atoms. The van der Waals surface area contributed by atoms with E-state index in [0.717, 1.165) is 11.1 Å². The van der Waals surface area contributed by atoms with Crippen LogP contribution in [0, 0.1) is 0 Å². The van der Waals surface area contributed by atoms with Crippen LogP contribution < -0.4 is 10.5 Å². The summed E-state index contributed by atoms with van der Waals surface area (Å²) >= 11 is 18.7. The van der Waals surface area contributed by atoms with Gasteiger partial charge in [0.15, 0.2) is 0 Å². The SMILES string of the molecule is COc1ccc(CC(CN)c2c(Cl)cccc2Cl)cc1Cl. The van der Waals surface area contributed by atoms with Crippen molar-refractivity contribution in [1.29, 1.82) is 0 Å². The van der Waals surface area contributed by atoms with Crippen LogP contribution in [0.2, 0.25) is 15.1 Å². The van der Waals surface area contributed by atoms with Crippen LogP contribution in [0.1, 0.15) is 17.0 Å². The van der Waals surface area contributed by atoms with Crippen LogP contribution in [0.25, 0.3) is 0 Å². The lowest BCUT2D eigenvalue weighted by Gasteiger charge is -2.18. The summed E-state index contributed by atoms with van der Waals surface area (Å²) in [6.07, 6.45) is 0.712. The molecule has 2 nitrogen and oxygen atoms in total. The average molecular weight is 345 g/mol. The van der Waals surface area contributed by atoms with E-state index >= 15 is 0 Å². The molecule has 0 aliphatic heterocycles. The summed E-state index contributed by atoms with van der Waals surface area (Å²) in [5.74, 6) is 0.691. The quantitative estimate of drug-likeness (QED) is 0.833. The predicted octanol–water partition coefficient (Wildman–Crippen LogP) is 4.94. The van der Waals surface area contributed by atoms with Crippen molar-refractivity contribution in [2.45, 2.75) is 12.3 Å². The molecule has 2 N–H and O–H groups in total. The Balaban J connectivity index is 2.29. The van der Waals surface area contributed by atoms with Crippen LogP contribution in [0.4, 0.5) is 0 Å². The van der Waals surface area contributed by atoms with Gasteiger partial charge in [0, 0.05) is 16.0 Å². The molecule has 0 amide bonds. The summed E-state index contributed by atoms with van der Waals surface area (Å²) in [5.41, 5.74) is 7.86. The van der Waals surface area contributed by atoms with Crippen LogP contribution in [-0.4, -0.2) is 13.7 Å². The molecule has 0 aliphatic rings. The Morgan fingerprint density at radius 1 is 1.05 bits per heavy atom. The lowest BCUT2D eigenvalue weighted by atomic mass is 9.92. The molecular weight excluding hydrogens is 329 g/mol. The smallest absolute Gasteiger partial charge is 0.137 e. The zero-order chi connectivity index (χ0) is 15.4. The van der Waals surface area contributed by atoms with E-state index in [1.807, 2.05) is 36.4 Å². The van der Waals surface area contributed by atoms with Crippen molar-refractivity contribution in [2.24, 2.45) is 5.73 Å². The highest BCUT2D eigenvalue weighted by Gasteiger charge is 2.18. The van der Waals surface area contributed by atoms with Gasteiger partial charge in [-0.3, -0.25) is 0 Å². The predicted molar refractivity (Wildman–Crippen MR) is 90.0 cm³/mol. The minimum atomic E-state index is 0.0376. The van der Waals surface area contributed by atoms with Crippen molar-refractivity contribution in [3.63, 3.8) is 0 Å². The van der Waals surface area contributed by atoms with Gasteiger partial charge in [0.1, 0.15) is 5.75 Å². The second kappa shape index (κ2) is 7.37. The first-order chi connectivity index (χ1) is 10.1. The maximum absolute atomic E-state index is 6.26. The minimum absolute atomic E-state index is 0.0376. The van der Waals surface area contributed by atoms with Gasteiger partial charge in [-0.2, -0.15) is 0 Å². The molecule has 0 aromatic heterocycles. The molecule has 2 aromatic carbocycles. The van der Waals surface area contributed by atoms with Crippen molar-refractivity contribution in [2.75, 3.05) is 13.7 Å². The second-order valence-corrected chi connectivity index (χ2v) is 5.96. The summed E-state index contributed by atoms with van der Waals surface area (Å²) in [4.78, 5) is 0. The fourth-order valence-corrected chi connectivity index (χ4v) is 3.31. The molecule has 0 saturated carbocycles. The normalized spacial score (nSPS) is 12.2. The fraction of sp³-hybridized carbons (Fsp3) is 0.250. The van der Waals surface area contributed by atoms with Crippen LogP contribution >= 0.6 is 34.8 Å². The molecule has 0 heterocycles. The molecule has 0 aliphatic carbocycles. The van der Waals surface area contributed by atoms with Gasteiger partial charge in [0.25, 0.3) is 0 Å². The van der Waals surface area contributed by atoms with Crippen molar-refractivity contribution in [3.8, 4) is 5.75 Å². The Morgan fingerprint density at radius 2 is 1.71 bits per heavy atom. The molecule has 0 saturated heterocycles. The summed E-state index contributed by atoms with van der Waals surface area (Å²) in [5, 5.41) is 1.85. The van der Waals surface area contributed by atoms with Crippen LogP contribution in [0.15, 0.2) is 36.4 Å². The second-order valence-electron chi connectivity index (χ2n) is 4.74. The van der Waals surface area contributed by atoms with Crippen LogP contribution in [0.3, 0.4) is 0 Å². The first-order valence-electron chi connectivity index (χ1n) is 6.53. The maximum atomic E-state index is 6.26. The molecule has 0 bridgehead atoms. The van der Waals surface area contributed by atoms with Gasteiger partial charge < -0.3 is 10.5 Å². The number of hydrogen-bond donors (Lipinski definition) is 1. The number of hydrogen-bond acceptors (Lipinski definition) is 2. The van der Waals surface area contributed by atoms with Gasteiger partial charge in [-0.25, -0.2) is 0 Å². The third kappa shape index (κ3) is 3.83. The first kappa shape index (κ1) is 16.4. The van der Waals surface area contributed by atoms with E-state index in [1.165, 1.54) is 0 Å². The molecule has 0 fully saturated rings. The highest BCUT2D eigenvalue weighted by molar-refractivity contribution is 6.36. The van der Waals surface area contributed by atoms with Gasteiger partial charge >= 0.3 is 0 Å². The topological polar surface area (TPSA) is 35.2 Å². The van der Waals surface area contributed by atoms with E-state index in [1.54, 1.807) is 7.11 Å². The van der Waals surface area contributed by atoms with Gasteiger partial charge in [-0.15, -0.1) is 0 Å².